The van der Waals surface area contributed by atoms with Gasteiger partial charge >= 0.3 is 0 Å². The van der Waals surface area contributed by atoms with Crippen LogP contribution in [-0.2, 0) is 23.1 Å². The van der Waals surface area contributed by atoms with Crippen molar-refractivity contribution < 1.29 is 8.42 Å². The summed E-state index contributed by atoms with van der Waals surface area (Å²) in [7, 11) is -1.70. The van der Waals surface area contributed by atoms with Crippen LogP contribution in [0, 0.1) is 6.92 Å². The molecular weight excluding hydrogens is 276 g/mol. The van der Waals surface area contributed by atoms with Gasteiger partial charge in [-0.1, -0.05) is 6.07 Å². The van der Waals surface area contributed by atoms with Gasteiger partial charge in [-0.2, -0.15) is 0 Å². The molecule has 1 heterocycles. The highest BCUT2D eigenvalue weighted by Gasteiger charge is 2.15. The van der Waals surface area contributed by atoms with Crippen molar-refractivity contribution in [1.29, 1.82) is 0 Å². The van der Waals surface area contributed by atoms with E-state index in [2.05, 4.69) is 20.0 Å². The third-order valence-corrected chi connectivity index (χ3v) is 4.38. The van der Waals surface area contributed by atoms with Crippen molar-refractivity contribution in [3.05, 3.63) is 47.5 Å². The summed E-state index contributed by atoms with van der Waals surface area (Å²) in [4.78, 5) is 7.10. The van der Waals surface area contributed by atoms with E-state index in [0.29, 0.717) is 12.4 Å². The van der Waals surface area contributed by atoms with Gasteiger partial charge in [-0.15, -0.1) is 0 Å². The summed E-state index contributed by atoms with van der Waals surface area (Å²) in [6.07, 6.45) is 3.24. The molecule has 108 valence electrons. The van der Waals surface area contributed by atoms with Gasteiger partial charge in [-0.3, -0.25) is 0 Å². The summed E-state index contributed by atoms with van der Waals surface area (Å²) in [5, 5.41) is 3.03. The maximum atomic E-state index is 12.2. The van der Waals surface area contributed by atoms with E-state index in [1.165, 1.54) is 0 Å². The molecule has 0 saturated carbocycles. The molecule has 0 atom stereocenters. The molecule has 0 bridgehead atoms. The Balaban J connectivity index is 2.18. The predicted molar refractivity (Wildman–Crippen MR) is 76.6 cm³/mol. The van der Waals surface area contributed by atoms with Gasteiger partial charge in [0.15, 0.2) is 0 Å². The highest BCUT2D eigenvalue weighted by Crippen LogP contribution is 2.15. The largest absolute Gasteiger partial charge is 0.347 e. The second-order valence-corrected chi connectivity index (χ2v) is 6.25. The van der Waals surface area contributed by atoms with Crippen molar-refractivity contribution in [2.75, 3.05) is 7.05 Å². The van der Waals surface area contributed by atoms with Gasteiger partial charge in [-0.05, 0) is 37.2 Å². The van der Waals surface area contributed by atoms with Crippen LogP contribution in [0.1, 0.15) is 17.0 Å². The minimum absolute atomic E-state index is 0.143. The summed E-state index contributed by atoms with van der Waals surface area (Å²) >= 11 is 0. The van der Waals surface area contributed by atoms with Crippen LogP contribution in [0.15, 0.2) is 35.5 Å². The molecule has 0 aliphatic rings. The zero-order chi connectivity index (χ0) is 14.6. The zero-order valence-corrected chi connectivity index (χ0v) is 12.3. The Morgan fingerprint density at radius 2 is 2.10 bits per heavy atom. The summed E-state index contributed by atoms with van der Waals surface area (Å²) in [5.74, 6) is 0.580. The molecule has 0 saturated heterocycles. The molecule has 3 N–H and O–H groups in total. The van der Waals surface area contributed by atoms with Crippen LogP contribution < -0.4 is 10.0 Å². The number of nitrogens with one attached hydrogen (secondary N) is 3. The van der Waals surface area contributed by atoms with Crippen LogP contribution in [0.2, 0.25) is 0 Å². The van der Waals surface area contributed by atoms with Gasteiger partial charge in [0.05, 0.1) is 11.4 Å². The number of H-pyrrole nitrogens is 1. The Kier molecular flexibility index (Phi) is 4.53. The monoisotopic (exact) mass is 294 g/mol. The molecule has 2 rings (SSSR count). The third kappa shape index (κ3) is 3.44. The maximum Gasteiger partial charge on any atom is 0.240 e. The Hall–Kier alpha value is -1.70. The summed E-state index contributed by atoms with van der Waals surface area (Å²) in [5.41, 5.74) is 2.03. The Morgan fingerprint density at radius 1 is 1.30 bits per heavy atom. The standard InChI is InChI=1S/C13H18N4O2S/c1-10-3-4-12(7-11(10)8-14-2)20(18,19)17-9-13-15-5-6-16-13/h3-7,14,17H,8-9H2,1-2H3,(H,15,16). The average molecular weight is 294 g/mol. The molecule has 7 heteroatoms. The van der Waals surface area contributed by atoms with E-state index in [4.69, 9.17) is 0 Å². The van der Waals surface area contributed by atoms with Gasteiger partial charge in [0.2, 0.25) is 10.0 Å². The minimum atomic E-state index is -3.53. The summed E-state index contributed by atoms with van der Waals surface area (Å²) in [6.45, 7) is 2.73. The minimum Gasteiger partial charge on any atom is -0.347 e. The second-order valence-electron chi connectivity index (χ2n) is 4.48. The van der Waals surface area contributed by atoms with Gasteiger partial charge < -0.3 is 10.3 Å². The van der Waals surface area contributed by atoms with Crippen molar-refractivity contribution >= 4 is 10.0 Å². The van der Waals surface area contributed by atoms with Crippen LogP contribution in [0.4, 0.5) is 0 Å². The van der Waals surface area contributed by atoms with E-state index in [-0.39, 0.29) is 11.4 Å². The molecule has 0 spiro atoms. The normalized spacial score (nSPS) is 11.7. The maximum absolute atomic E-state index is 12.2. The first kappa shape index (κ1) is 14.7. The zero-order valence-electron chi connectivity index (χ0n) is 11.5. The Labute approximate surface area is 118 Å². The molecule has 0 aliphatic carbocycles. The first-order valence-corrected chi connectivity index (χ1v) is 7.73. The first-order valence-electron chi connectivity index (χ1n) is 6.25. The summed E-state index contributed by atoms with van der Waals surface area (Å²) < 4.78 is 27.0. The fourth-order valence-corrected chi connectivity index (χ4v) is 2.88. The number of nitrogens with zero attached hydrogens (tertiary/aromatic N) is 1. The molecule has 1 aromatic heterocycles. The van der Waals surface area contributed by atoms with E-state index >= 15 is 0 Å². The van der Waals surface area contributed by atoms with Crippen molar-refractivity contribution in [1.82, 2.24) is 20.0 Å². The van der Waals surface area contributed by atoms with Crippen LogP contribution in [0.25, 0.3) is 0 Å². The van der Waals surface area contributed by atoms with Crippen LogP contribution in [0.5, 0.6) is 0 Å². The smallest absolute Gasteiger partial charge is 0.240 e. The first-order chi connectivity index (χ1) is 9.53. The third-order valence-electron chi connectivity index (χ3n) is 2.98. The number of hydrogen-bond donors (Lipinski definition) is 3. The highest BCUT2D eigenvalue weighted by molar-refractivity contribution is 7.89. The highest BCUT2D eigenvalue weighted by atomic mass is 32.2. The average Bonchev–Trinajstić information content (AvgIpc) is 2.92. The fourth-order valence-electron chi connectivity index (χ4n) is 1.84. The second kappa shape index (κ2) is 6.17. The Morgan fingerprint density at radius 3 is 2.75 bits per heavy atom. The van der Waals surface area contributed by atoms with E-state index in [1.807, 2.05) is 20.0 Å². The SMILES string of the molecule is CNCc1cc(S(=O)(=O)NCc2ncc[nH]2)ccc1C. The fraction of sp³-hybridized carbons (Fsp3) is 0.308. The number of aryl methyl sites for hydroxylation is 1. The lowest BCUT2D eigenvalue weighted by atomic mass is 10.1. The van der Waals surface area contributed by atoms with Crippen molar-refractivity contribution in [3.8, 4) is 0 Å². The lowest BCUT2D eigenvalue weighted by Gasteiger charge is -2.10. The van der Waals surface area contributed by atoms with Crippen LogP contribution in [-0.4, -0.2) is 25.4 Å². The molecule has 0 radical (unpaired) electrons. The molecule has 0 unspecified atom stereocenters. The quantitative estimate of drug-likeness (QED) is 0.739. The Bertz CT molecular complexity index is 666. The van der Waals surface area contributed by atoms with Crippen molar-refractivity contribution in [2.24, 2.45) is 0 Å². The van der Waals surface area contributed by atoms with Crippen LogP contribution in [0.3, 0.4) is 0 Å². The molecule has 1 aromatic carbocycles. The number of benzene rings is 1. The van der Waals surface area contributed by atoms with Crippen LogP contribution >= 0.6 is 0 Å². The van der Waals surface area contributed by atoms with E-state index < -0.39 is 10.0 Å². The number of hydrogen-bond acceptors (Lipinski definition) is 4. The predicted octanol–water partition coefficient (Wildman–Crippen LogP) is 0.916. The van der Waals surface area contributed by atoms with Crippen molar-refractivity contribution in [3.63, 3.8) is 0 Å². The lowest BCUT2D eigenvalue weighted by Crippen LogP contribution is -2.24. The number of aromatic amines is 1. The number of rotatable bonds is 6. The summed E-state index contributed by atoms with van der Waals surface area (Å²) in [6, 6.07) is 5.11. The molecule has 2 aromatic rings. The van der Waals surface area contributed by atoms with Gasteiger partial charge in [0, 0.05) is 18.9 Å². The van der Waals surface area contributed by atoms with Gasteiger partial charge in [-0.25, -0.2) is 18.1 Å². The van der Waals surface area contributed by atoms with E-state index in [0.717, 1.165) is 11.1 Å². The molecule has 0 amide bonds. The topological polar surface area (TPSA) is 86.9 Å². The molecule has 6 nitrogen and oxygen atoms in total. The van der Waals surface area contributed by atoms with Crippen molar-refractivity contribution in [2.45, 2.75) is 24.9 Å². The molecular formula is C13H18N4O2S. The van der Waals surface area contributed by atoms with E-state index in [1.54, 1.807) is 24.5 Å². The molecule has 0 aliphatic heterocycles. The number of aromatic nitrogens is 2. The number of imidazole rings is 1. The van der Waals surface area contributed by atoms with E-state index in [9.17, 15) is 8.42 Å². The number of sulfonamides is 1. The van der Waals surface area contributed by atoms with Gasteiger partial charge in [0.25, 0.3) is 0 Å². The lowest BCUT2D eigenvalue weighted by molar-refractivity contribution is 0.579. The molecule has 0 fully saturated rings. The van der Waals surface area contributed by atoms with Gasteiger partial charge in [0.1, 0.15) is 5.82 Å². The molecule has 20 heavy (non-hydrogen) atoms.